The van der Waals surface area contributed by atoms with Crippen molar-refractivity contribution in [1.82, 2.24) is 14.7 Å². The third-order valence-corrected chi connectivity index (χ3v) is 3.70. The summed E-state index contributed by atoms with van der Waals surface area (Å²) in [6, 6.07) is 2.01. The van der Waals surface area contributed by atoms with E-state index in [1.807, 2.05) is 0 Å². The molecule has 1 atom stereocenters. The Bertz CT molecular complexity index is 483. The molecule has 0 radical (unpaired) electrons. The molecule has 1 aromatic rings. The van der Waals surface area contributed by atoms with Crippen molar-refractivity contribution >= 4 is 17.6 Å². The molecule has 110 valence electrons. The van der Waals surface area contributed by atoms with Crippen LogP contribution in [0.25, 0.3) is 0 Å². The largest absolute Gasteiger partial charge is 0.333 e. The molecule has 1 aromatic heterocycles. The topological polar surface area (TPSA) is 67.2 Å². The summed E-state index contributed by atoms with van der Waals surface area (Å²) in [5, 5.41) is 7.06. The maximum Gasteiger partial charge on any atom is 0.245 e. The van der Waals surface area contributed by atoms with E-state index in [9.17, 15) is 9.59 Å². The van der Waals surface area contributed by atoms with Crippen LogP contribution in [-0.2, 0) is 9.59 Å². The zero-order valence-corrected chi connectivity index (χ0v) is 12.1. The summed E-state index contributed by atoms with van der Waals surface area (Å²) >= 11 is 0. The van der Waals surface area contributed by atoms with Crippen molar-refractivity contribution < 1.29 is 9.59 Å². The van der Waals surface area contributed by atoms with Crippen LogP contribution in [0.1, 0.15) is 45.6 Å². The van der Waals surface area contributed by atoms with Crippen molar-refractivity contribution in [3.8, 4) is 0 Å². The minimum atomic E-state index is -0.162. The number of aromatic nitrogens is 2. The molecule has 1 aliphatic heterocycles. The highest BCUT2D eigenvalue weighted by atomic mass is 16.2. The predicted octanol–water partition coefficient (Wildman–Crippen LogP) is 1.81. The minimum Gasteiger partial charge on any atom is -0.333 e. The Morgan fingerprint density at radius 1 is 1.50 bits per heavy atom. The smallest absolute Gasteiger partial charge is 0.245 e. The van der Waals surface area contributed by atoms with Crippen molar-refractivity contribution in [3.63, 3.8) is 0 Å². The quantitative estimate of drug-likeness (QED) is 0.893. The van der Waals surface area contributed by atoms with Gasteiger partial charge in [0, 0.05) is 19.0 Å². The number of likely N-dealkylation sites (tertiary alicyclic amines) is 1. The van der Waals surface area contributed by atoms with Gasteiger partial charge in [0.2, 0.25) is 11.8 Å². The van der Waals surface area contributed by atoms with Gasteiger partial charge in [0.15, 0.2) is 0 Å². The SMILES string of the molecule is CCC(C)n1nccc1NC(=O)CN1CCCCC1=O. The molecule has 1 saturated heterocycles. The summed E-state index contributed by atoms with van der Waals surface area (Å²) < 4.78 is 1.80. The van der Waals surface area contributed by atoms with Crippen LogP contribution in [0.2, 0.25) is 0 Å². The van der Waals surface area contributed by atoms with E-state index in [1.54, 1.807) is 21.8 Å². The highest BCUT2D eigenvalue weighted by Crippen LogP contribution is 2.16. The molecule has 2 amide bonds. The third-order valence-electron chi connectivity index (χ3n) is 3.70. The van der Waals surface area contributed by atoms with Crippen LogP contribution in [0.3, 0.4) is 0 Å². The molecule has 2 rings (SSSR count). The first-order chi connectivity index (χ1) is 9.61. The molecule has 1 aliphatic rings. The number of rotatable bonds is 5. The van der Waals surface area contributed by atoms with E-state index in [4.69, 9.17) is 0 Å². The first-order valence-corrected chi connectivity index (χ1v) is 7.23. The molecular formula is C14H22N4O2. The molecular weight excluding hydrogens is 256 g/mol. The van der Waals surface area contributed by atoms with Crippen molar-refractivity contribution in [2.24, 2.45) is 0 Å². The number of anilines is 1. The van der Waals surface area contributed by atoms with Crippen LogP contribution in [0, 0.1) is 0 Å². The van der Waals surface area contributed by atoms with E-state index in [2.05, 4.69) is 24.3 Å². The summed E-state index contributed by atoms with van der Waals surface area (Å²) in [6.45, 7) is 4.93. The Kier molecular flexibility index (Phi) is 4.76. The monoisotopic (exact) mass is 278 g/mol. The average molecular weight is 278 g/mol. The second-order valence-electron chi connectivity index (χ2n) is 5.24. The molecule has 0 bridgehead atoms. The number of carbonyl (C=O) groups excluding carboxylic acids is 2. The van der Waals surface area contributed by atoms with Crippen molar-refractivity contribution in [2.45, 2.75) is 45.6 Å². The number of nitrogens with zero attached hydrogens (tertiary/aromatic N) is 3. The van der Waals surface area contributed by atoms with Gasteiger partial charge in [0.1, 0.15) is 5.82 Å². The molecule has 1 N–H and O–H groups in total. The van der Waals surface area contributed by atoms with Gasteiger partial charge < -0.3 is 10.2 Å². The second-order valence-corrected chi connectivity index (χ2v) is 5.24. The molecule has 0 aliphatic carbocycles. The molecule has 0 aromatic carbocycles. The Morgan fingerprint density at radius 3 is 3.00 bits per heavy atom. The van der Waals surface area contributed by atoms with E-state index < -0.39 is 0 Å². The lowest BCUT2D eigenvalue weighted by atomic mass is 10.1. The number of hydrogen-bond acceptors (Lipinski definition) is 3. The fraction of sp³-hybridized carbons (Fsp3) is 0.643. The van der Waals surface area contributed by atoms with Crippen LogP contribution < -0.4 is 5.32 Å². The molecule has 1 fully saturated rings. The summed E-state index contributed by atoms with van der Waals surface area (Å²) in [4.78, 5) is 25.4. The molecule has 6 heteroatoms. The third kappa shape index (κ3) is 3.37. The zero-order valence-electron chi connectivity index (χ0n) is 12.1. The fourth-order valence-corrected chi connectivity index (χ4v) is 2.32. The summed E-state index contributed by atoms with van der Waals surface area (Å²) in [5.74, 6) is 0.598. The van der Waals surface area contributed by atoms with Crippen molar-refractivity contribution in [1.29, 1.82) is 0 Å². The second kappa shape index (κ2) is 6.54. The zero-order chi connectivity index (χ0) is 14.5. The van der Waals surface area contributed by atoms with E-state index >= 15 is 0 Å². The highest BCUT2D eigenvalue weighted by molar-refractivity contribution is 5.94. The molecule has 1 unspecified atom stereocenters. The lowest BCUT2D eigenvalue weighted by Gasteiger charge is -2.26. The number of nitrogens with one attached hydrogen (secondary N) is 1. The van der Waals surface area contributed by atoms with Gasteiger partial charge in [-0.15, -0.1) is 0 Å². The molecule has 2 heterocycles. The van der Waals surface area contributed by atoms with Crippen LogP contribution >= 0.6 is 0 Å². The maximum atomic E-state index is 12.0. The van der Waals surface area contributed by atoms with Gasteiger partial charge in [-0.3, -0.25) is 9.59 Å². The Balaban J connectivity index is 1.94. The van der Waals surface area contributed by atoms with E-state index in [1.165, 1.54) is 0 Å². The standard InChI is InChI=1S/C14H22N4O2/c1-3-11(2)18-12(7-8-15-18)16-13(19)10-17-9-5-4-6-14(17)20/h7-8,11H,3-6,9-10H2,1-2H3,(H,16,19). The van der Waals surface area contributed by atoms with Crippen LogP contribution in [0.5, 0.6) is 0 Å². The average Bonchev–Trinajstić information content (AvgIpc) is 2.88. The van der Waals surface area contributed by atoms with E-state index in [0.717, 1.165) is 19.3 Å². The first kappa shape index (κ1) is 14.6. The van der Waals surface area contributed by atoms with Crippen LogP contribution in [-0.4, -0.2) is 39.6 Å². The maximum absolute atomic E-state index is 12.0. The molecule has 6 nitrogen and oxygen atoms in total. The summed E-state index contributed by atoms with van der Waals surface area (Å²) in [6.07, 6.45) is 5.07. The van der Waals surface area contributed by atoms with Gasteiger partial charge in [0.05, 0.1) is 18.8 Å². The number of hydrogen-bond donors (Lipinski definition) is 1. The Labute approximate surface area is 119 Å². The van der Waals surface area contributed by atoms with Crippen molar-refractivity contribution in [2.75, 3.05) is 18.4 Å². The lowest BCUT2D eigenvalue weighted by molar-refractivity contribution is -0.136. The number of piperidine rings is 1. The normalized spacial score (nSPS) is 17.1. The van der Waals surface area contributed by atoms with Gasteiger partial charge in [0.25, 0.3) is 0 Å². The van der Waals surface area contributed by atoms with Gasteiger partial charge in [-0.25, -0.2) is 4.68 Å². The lowest BCUT2D eigenvalue weighted by Crippen LogP contribution is -2.41. The molecule has 0 spiro atoms. The number of carbonyl (C=O) groups is 2. The Morgan fingerprint density at radius 2 is 2.30 bits per heavy atom. The van der Waals surface area contributed by atoms with Crippen LogP contribution in [0.4, 0.5) is 5.82 Å². The molecule has 0 saturated carbocycles. The van der Waals surface area contributed by atoms with Gasteiger partial charge >= 0.3 is 0 Å². The summed E-state index contributed by atoms with van der Waals surface area (Å²) in [7, 11) is 0. The number of amides is 2. The van der Waals surface area contributed by atoms with Gasteiger partial charge in [-0.2, -0.15) is 5.10 Å². The fourth-order valence-electron chi connectivity index (χ4n) is 2.32. The van der Waals surface area contributed by atoms with Gasteiger partial charge in [-0.05, 0) is 26.2 Å². The predicted molar refractivity (Wildman–Crippen MR) is 76.3 cm³/mol. The molecule has 20 heavy (non-hydrogen) atoms. The minimum absolute atomic E-state index is 0.0711. The van der Waals surface area contributed by atoms with E-state index in [-0.39, 0.29) is 24.4 Å². The first-order valence-electron chi connectivity index (χ1n) is 7.23. The van der Waals surface area contributed by atoms with Crippen molar-refractivity contribution in [3.05, 3.63) is 12.3 Å². The van der Waals surface area contributed by atoms with E-state index in [0.29, 0.717) is 18.8 Å². The van der Waals surface area contributed by atoms with Gasteiger partial charge in [-0.1, -0.05) is 6.92 Å². The van der Waals surface area contributed by atoms with Crippen LogP contribution in [0.15, 0.2) is 12.3 Å². The Hall–Kier alpha value is -1.85. The summed E-state index contributed by atoms with van der Waals surface area (Å²) in [5.41, 5.74) is 0. The highest BCUT2D eigenvalue weighted by Gasteiger charge is 2.21.